The summed E-state index contributed by atoms with van der Waals surface area (Å²) >= 11 is 5.72. The SMILES string of the molecule is Fc1ccc(N2CCC(Cl)=N2)cc1. The molecule has 1 heterocycles. The van der Waals surface area contributed by atoms with Crippen molar-refractivity contribution in [1.82, 2.24) is 0 Å². The fraction of sp³-hybridized carbons (Fsp3) is 0.222. The summed E-state index contributed by atoms with van der Waals surface area (Å²) in [6.45, 7) is 0.768. The molecule has 4 heteroatoms. The number of rotatable bonds is 1. The van der Waals surface area contributed by atoms with Gasteiger partial charge in [-0.25, -0.2) is 4.39 Å². The standard InChI is InChI=1S/C9H8ClFN2/c10-9-5-6-13(12-9)8-3-1-7(11)2-4-8/h1-4H,5-6H2. The summed E-state index contributed by atoms with van der Waals surface area (Å²) in [5, 5.41) is 6.45. The third-order valence-corrected chi connectivity index (χ3v) is 2.15. The summed E-state index contributed by atoms with van der Waals surface area (Å²) in [4.78, 5) is 0. The van der Waals surface area contributed by atoms with Gasteiger partial charge >= 0.3 is 0 Å². The molecule has 2 nitrogen and oxygen atoms in total. The van der Waals surface area contributed by atoms with E-state index in [1.54, 1.807) is 17.1 Å². The lowest BCUT2D eigenvalue weighted by molar-refractivity contribution is 0.627. The average Bonchev–Trinajstić information content (AvgIpc) is 2.53. The summed E-state index contributed by atoms with van der Waals surface area (Å²) < 4.78 is 12.6. The van der Waals surface area contributed by atoms with Gasteiger partial charge in [-0.15, -0.1) is 0 Å². The molecule has 0 amide bonds. The van der Waals surface area contributed by atoms with Gasteiger partial charge in [0.2, 0.25) is 0 Å². The largest absolute Gasteiger partial charge is 0.264 e. The predicted octanol–water partition coefficient (Wildman–Crippen LogP) is 2.59. The average molecular weight is 199 g/mol. The molecule has 0 radical (unpaired) electrons. The molecule has 0 aliphatic carbocycles. The van der Waals surface area contributed by atoms with E-state index in [9.17, 15) is 4.39 Å². The highest BCUT2D eigenvalue weighted by molar-refractivity contribution is 6.65. The second kappa shape index (κ2) is 3.34. The van der Waals surface area contributed by atoms with Crippen LogP contribution < -0.4 is 5.01 Å². The van der Waals surface area contributed by atoms with Crippen LogP contribution in [0.25, 0.3) is 0 Å². The van der Waals surface area contributed by atoms with Crippen molar-refractivity contribution in [3.8, 4) is 0 Å². The number of hydrogen-bond acceptors (Lipinski definition) is 2. The Balaban J connectivity index is 2.22. The minimum absolute atomic E-state index is 0.238. The second-order valence-corrected chi connectivity index (χ2v) is 3.26. The highest BCUT2D eigenvalue weighted by Gasteiger charge is 2.13. The number of nitrogens with zero attached hydrogens (tertiary/aromatic N) is 2. The summed E-state index contributed by atoms with van der Waals surface area (Å²) in [6.07, 6.45) is 0.763. The van der Waals surface area contributed by atoms with Gasteiger partial charge in [-0.05, 0) is 24.3 Å². The molecule has 0 bridgehead atoms. The number of benzene rings is 1. The van der Waals surface area contributed by atoms with Gasteiger partial charge in [0.25, 0.3) is 0 Å². The Morgan fingerprint density at radius 2 is 2.00 bits per heavy atom. The molecule has 0 N–H and O–H groups in total. The molecular weight excluding hydrogens is 191 g/mol. The highest BCUT2D eigenvalue weighted by Crippen LogP contribution is 2.20. The van der Waals surface area contributed by atoms with Crippen LogP contribution in [0.4, 0.5) is 10.1 Å². The molecule has 68 valence electrons. The van der Waals surface area contributed by atoms with Crippen molar-refractivity contribution in [2.45, 2.75) is 6.42 Å². The van der Waals surface area contributed by atoms with E-state index in [0.29, 0.717) is 5.17 Å². The molecule has 1 aliphatic heterocycles. The van der Waals surface area contributed by atoms with E-state index in [1.165, 1.54) is 12.1 Å². The van der Waals surface area contributed by atoms with Crippen molar-refractivity contribution in [2.24, 2.45) is 5.10 Å². The highest BCUT2D eigenvalue weighted by atomic mass is 35.5. The zero-order valence-electron chi connectivity index (χ0n) is 6.87. The first-order chi connectivity index (χ1) is 6.25. The van der Waals surface area contributed by atoms with Crippen LogP contribution in [0.5, 0.6) is 0 Å². The van der Waals surface area contributed by atoms with Crippen LogP contribution in [-0.4, -0.2) is 11.7 Å². The molecule has 0 fully saturated rings. The number of hydrogen-bond donors (Lipinski definition) is 0. The molecule has 0 aromatic heterocycles. The van der Waals surface area contributed by atoms with Crippen molar-refractivity contribution in [1.29, 1.82) is 0 Å². The van der Waals surface area contributed by atoms with Crippen LogP contribution in [-0.2, 0) is 0 Å². The molecule has 1 aromatic rings. The molecule has 1 aliphatic rings. The first-order valence-corrected chi connectivity index (χ1v) is 4.39. The smallest absolute Gasteiger partial charge is 0.128 e. The Kier molecular flexibility index (Phi) is 2.19. The Morgan fingerprint density at radius 1 is 1.31 bits per heavy atom. The van der Waals surface area contributed by atoms with Gasteiger partial charge in [-0.3, -0.25) is 5.01 Å². The molecule has 0 unspecified atom stereocenters. The van der Waals surface area contributed by atoms with Crippen molar-refractivity contribution in [3.63, 3.8) is 0 Å². The predicted molar refractivity (Wildman–Crippen MR) is 51.7 cm³/mol. The van der Waals surface area contributed by atoms with Crippen molar-refractivity contribution >= 4 is 22.5 Å². The molecule has 1 aromatic carbocycles. The molecular formula is C9H8ClFN2. The van der Waals surface area contributed by atoms with Crippen LogP contribution >= 0.6 is 11.6 Å². The molecule has 0 spiro atoms. The maximum absolute atomic E-state index is 12.6. The van der Waals surface area contributed by atoms with E-state index < -0.39 is 0 Å². The first kappa shape index (κ1) is 8.51. The normalized spacial score (nSPS) is 16.2. The van der Waals surface area contributed by atoms with Gasteiger partial charge in [0.1, 0.15) is 11.0 Å². The van der Waals surface area contributed by atoms with E-state index in [1.807, 2.05) is 0 Å². The number of hydrazone groups is 1. The van der Waals surface area contributed by atoms with E-state index in [2.05, 4.69) is 5.10 Å². The molecule has 0 saturated heterocycles. The van der Waals surface area contributed by atoms with Crippen LogP contribution in [0.3, 0.4) is 0 Å². The van der Waals surface area contributed by atoms with E-state index >= 15 is 0 Å². The Labute approximate surface area is 80.6 Å². The van der Waals surface area contributed by atoms with Gasteiger partial charge in [0, 0.05) is 13.0 Å². The van der Waals surface area contributed by atoms with Crippen LogP contribution in [0.15, 0.2) is 29.4 Å². The number of halogens is 2. The monoisotopic (exact) mass is 198 g/mol. The maximum atomic E-state index is 12.6. The van der Waals surface area contributed by atoms with Gasteiger partial charge in [0.15, 0.2) is 0 Å². The summed E-state index contributed by atoms with van der Waals surface area (Å²) in [5.74, 6) is -0.238. The molecule has 0 saturated carbocycles. The molecule has 2 rings (SSSR count). The third kappa shape index (κ3) is 1.80. The van der Waals surface area contributed by atoms with E-state index in [4.69, 9.17) is 11.6 Å². The maximum Gasteiger partial charge on any atom is 0.128 e. The van der Waals surface area contributed by atoms with Crippen molar-refractivity contribution < 1.29 is 4.39 Å². The topological polar surface area (TPSA) is 15.6 Å². The van der Waals surface area contributed by atoms with E-state index in [-0.39, 0.29) is 5.82 Å². The lowest BCUT2D eigenvalue weighted by Gasteiger charge is -2.12. The van der Waals surface area contributed by atoms with Crippen LogP contribution in [0.1, 0.15) is 6.42 Å². The van der Waals surface area contributed by atoms with Gasteiger partial charge in [-0.2, -0.15) is 5.10 Å². The van der Waals surface area contributed by atoms with Gasteiger partial charge < -0.3 is 0 Å². The zero-order chi connectivity index (χ0) is 9.26. The summed E-state index contributed by atoms with van der Waals surface area (Å²) in [6, 6.07) is 6.21. The van der Waals surface area contributed by atoms with Crippen molar-refractivity contribution in [3.05, 3.63) is 30.1 Å². The minimum atomic E-state index is -0.238. The van der Waals surface area contributed by atoms with Gasteiger partial charge in [0.05, 0.1) is 5.69 Å². The summed E-state index contributed by atoms with van der Waals surface area (Å²) in [7, 11) is 0. The first-order valence-electron chi connectivity index (χ1n) is 4.02. The Morgan fingerprint density at radius 3 is 2.54 bits per heavy atom. The molecule has 13 heavy (non-hydrogen) atoms. The quantitative estimate of drug-likeness (QED) is 0.677. The Hall–Kier alpha value is -1.09. The van der Waals surface area contributed by atoms with Gasteiger partial charge in [-0.1, -0.05) is 11.6 Å². The fourth-order valence-corrected chi connectivity index (χ4v) is 1.40. The lowest BCUT2D eigenvalue weighted by Crippen LogP contribution is -2.11. The molecule has 0 atom stereocenters. The second-order valence-electron chi connectivity index (χ2n) is 2.83. The Bertz CT molecular complexity index is 334. The van der Waals surface area contributed by atoms with E-state index in [0.717, 1.165) is 18.7 Å². The number of anilines is 1. The third-order valence-electron chi connectivity index (χ3n) is 1.88. The fourth-order valence-electron chi connectivity index (χ4n) is 1.23. The lowest BCUT2D eigenvalue weighted by atomic mass is 10.3. The zero-order valence-corrected chi connectivity index (χ0v) is 7.63. The van der Waals surface area contributed by atoms with Crippen molar-refractivity contribution in [2.75, 3.05) is 11.6 Å². The van der Waals surface area contributed by atoms with Crippen LogP contribution in [0, 0.1) is 5.82 Å². The van der Waals surface area contributed by atoms with Crippen LogP contribution in [0.2, 0.25) is 0 Å². The summed E-state index contributed by atoms with van der Waals surface area (Å²) in [5.41, 5.74) is 0.872. The minimum Gasteiger partial charge on any atom is -0.264 e.